The molecule has 1 aromatic heterocycles. The van der Waals surface area contributed by atoms with Gasteiger partial charge in [0, 0.05) is 26.2 Å². The molecule has 0 bridgehead atoms. The van der Waals surface area contributed by atoms with Gasteiger partial charge in [-0.25, -0.2) is 4.39 Å². The predicted molar refractivity (Wildman–Crippen MR) is 122 cm³/mol. The molecule has 1 aliphatic heterocycles. The smallest absolute Gasteiger partial charge is 0.287 e. The van der Waals surface area contributed by atoms with E-state index < -0.39 is 12.2 Å². The summed E-state index contributed by atoms with van der Waals surface area (Å²) in [5, 5.41) is 3.98. The summed E-state index contributed by atoms with van der Waals surface area (Å²) in [6, 6.07) is 8.56. The Hall–Kier alpha value is -1.76. The van der Waals surface area contributed by atoms with Crippen LogP contribution in [-0.4, -0.2) is 55.7 Å². The number of benzene rings is 1. The van der Waals surface area contributed by atoms with E-state index in [1.165, 1.54) is 6.26 Å². The van der Waals surface area contributed by atoms with Gasteiger partial charge in [0.25, 0.3) is 5.91 Å². The molecule has 1 saturated carbocycles. The molecule has 1 N–H and O–H groups in total. The first-order valence-corrected chi connectivity index (χ1v) is 11.7. The third-order valence-corrected chi connectivity index (χ3v) is 7.25. The summed E-state index contributed by atoms with van der Waals surface area (Å²) < 4.78 is 19.8. The quantitative estimate of drug-likeness (QED) is 0.646. The number of nitrogens with zero attached hydrogens (tertiary/aromatic N) is 2. The molecule has 1 aliphatic carbocycles. The summed E-state index contributed by atoms with van der Waals surface area (Å²) >= 11 is 12.5. The van der Waals surface area contributed by atoms with Crippen LogP contribution in [0.1, 0.15) is 36.2 Å². The van der Waals surface area contributed by atoms with Crippen LogP contribution in [0.15, 0.2) is 41.0 Å². The molecular weight excluding hydrogens is 440 g/mol. The highest BCUT2D eigenvalue weighted by Gasteiger charge is 2.32. The fourth-order valence-electron chi connectivity index (χ4n) is 4.58. The lowest BCUT2D eigenvalue weighted by Gasteiger charge is -2.38. The number of carbonyl (C=O) groups excluding carboxylic acids is 1. The van der Waals surface area contributed by atoms with Crippen LogP contribution in [0.3, 0.4) is 0 Å². The highest BCUT2D eigenvalue weighted by atomic mass is 35.5. The van der Waals surface area contributed by atoms with Crippen molar-refractivity contribution in [2.24, 2.45) is 5.92 Å². The number of anilines is 1. The Labute approximate surface area is 192 Å². The first kappa shape index (κ1) is 22.4. The van der Waals surface area contributed by atoms with E-state index in [1.807, 2.05) is 12.1 Å². The molecule has 3 unspecified atom stereocenters. The van der Waals surface area contributed by atoms with E-state index in [0.29, 0.717) is 28.8 Å². The van der Waals surface area contributed by atoms with Gasteiger partial charge in [-0.05, 0) is 62.4 Å². The molecule has 31 heavy (non-hydrogen) atoms. The van der Waals surface area contributed by atoms with Gasteiger partial charge in [-0.2, -0.15) is 0 Å². The Kier molecular flexibility index (Phi) is 7.41. The zero-order valence-electron chi connectivity index (χ0n) is 17.4. The minimum absolute atomic E-state index is 0.229. The second-order valence-electron chi connectivity index (χ2n) is 8.44. The molecule has 2 heterocycles. The first-order valence-electron chi connectivity index (χ1n) is 10.9. The van der Waals surface area contributed by atoms with Crippen LogP contribution in [0.4, 0.5) is 10.1 Å². The van der Waals surface area contributed by atoms with Gasteiger partial charge in [-0.15, -0.1) is 0 Å². The van der Waals surface area contributed by atoms with Gasteiger partial charge in [0.1, 0.15) is 6.17 Å². The predicted octanol–water partition coefficient (Wildman–Crippen LogP) is 5.04. The summed E-state index contributed by atoms with van der Waals surface area (Å²) in [5.74, 6) is 0.244. The number of nitrogens with one attached hydrogen (secondary N) is 1. The van der Waals surface area contributed by atoms with Crippen molar-refractivity contribution in [3.63, 3.8) is 0 Å². The largest absolute Gasteiger partial charge is 0.459 e. The summed E-state index contributed by atoms with van der Waals surface area (Å²) in [7, 11) is 0. The third kappa shape index (κ3) is 5.54. The minimum Gasteiger partial charge on any atom is -0.459 e. The van der Waals surface area contributed by atoms with Gasteiger partial charge in [0.15, 0.2) is 5.76 Å². The topological polar surface area (TPSA) is 48.7 Å². The number of alkyl halides is 1. The number of furan rings is 1. The average Bonchev–Trinajstić information content (AvgIpc) is 3.31. The molecule has 2 fully saturated rings. The summed E-state index contributed by atoms with van der Waals surface area (Å²) in [6.07, 6.45) is 3.51. The normalized spacial score (nSPS) is 24.9. The number of amides is 1. The van der Waals surface area contributed by atoms with Crippen LogP contribution in [0.5, 0.6) is 0 Å². The first-order chi connectivity index (χ1) is 15.0. The molecule has 2 aliphatic rings. The molecule has 1 aromatic carbocycles. The molecule has 8 heteroatoms. The van der Waals surface area contributed by atoms with Crippen molar-refractivity contribution in [3.8, 4) is 0 Å². The molecule has 0 spiro atoms. The van der Waals surface area contributed by atoms with Crippen LogP contribution in [0.25, 0.3) is 0 Å². The number of carbonyl (C=O) groups is 1. The van der Waals surface area contributed by atoms with Gasteiger partial charge >= 0.3 is 0 Å². The zero-order chi connectivity index (χ0) is 21.8. The average molecular weight is 468 g/mol. The summed E-state index contributed by atoms with van der Waals surface area (Å²) in [5.41, 5.74) is 0.990. The summed E-state index contributed by atoms with van der Waals surface area (Å²) in [6.45, 7) is 4.68. The maximum Gasteiger partial charge on any atom is 0.287 e. The van der Waals surface area contributed by atoms with Crippen molar-refractivity contribution in [3.05, 3.63) is 52.4 Å². The van der Waals surface area contributed by atoms with Gasteiger partial charge in [-0.3, -0.25) is 9.69 Å². The van der Waals surface area contributed by atoms with Gasteiger partial charge in [0.05, 0.1) is 28.0 Å². The molecule has 5 nitrogen and oxygen atoms in total. The van der Waals surface area contributed by atoms with Gasteiger partial charge in [-0.1, -0.05) is 29.3 Å². The lowest BCUT2D eigenvalue weighted by atomic mass is 9.82. The Bertz CT molecular complexity index is 872. The van der Waals surface area contributed by atoms with E-state index >= 15 is 0 Å². The molecule has 168 valence electrons. The van der Waals surface area contributed by atoms with Crippen molar-refractivity contribution in [2.75, 3.05) is 37.6 Å². The van der Waals surface area contributed by atoms with Crippen LogP contribution in [0.2, 0.25) is 10.0 Å². The van der Waals surface area contributed by atoms with E-state index in [-0.39, 0.29) is 11.7 Å². The number of piperazine rings is 1. The molecular formula is C23H28Cl2FN3O2. The second kappa shape index (κ2) is 10.2. The highest BCUT2D eigenvalue weighted by Crippen LogP contribution is 2.33. The Balaban J connectivity index is 1.19. The molecule has 3 atom stereocenters. The van der Waals surface area contributed by atoms with Gasteiger partial charge < -0.3 is 14.6 Å². The lowest BCUT2D eigenvalue weighted by Crippen LogP contribution is -2.48. The van der Waals surface area contributed by atoms with Crippen molar-refractivity contribution in [1.29, 1.82) is 0 Å². The lowest BCUT2D eigenvalue weighted by molar-refractivity contribution is 0.0815. The second-order valence-corrected chi connectivity index (χ2v) is 9.23. The van der Waals surface area contributed by atoms with Crippen molar-refractivity contribution >= 4 is 34.8 Å². The minimum atomic E-state index is -1.01. The molecule has 2 aromatic rings. The zero-order valence-corrected chi connectivity index (χ0v) is 18.9. The number of rotatable bonds is 6. The van der Waals surface area contributed by atoms with E-state index in [1.54, 1.807) is 18.2 Å². The Morgan fingerprint density at radius 3 is 2.65 bits per heavy atom. The Morgan fingerprint density at radius 2 is 1.94 bits per heavy atom. The van der Waals surface area contributed by atoms with Crippen LogP contribution >= 0.6 is 23.2 Å². The molecule has 1 amide bonds. The SMILES string of the molecule is O=C(NC1CCC(CCN2CCN(c3cccc(Cl)c3Cl)CC2)CC1F)c1ccco1. The highest BCUT2D eigenvalue weighted by molar-refractivity contribution is 6.43. The van der Waals surface area contributed by atoms with E-state index in [2.05, 4.69) is 15.1 Å². The standard InChI is InChI=1S/C23H28Cl2FN3O2/c24-17-3-1-4-20(22(17)25)29-12-10-28(11-13-29)9-8-16-6-7-19(18(26)15-16)27-23(30)21-5-2-14-31-21/h1-5,14,16,18-19H,6-13,15H2,(H,27,30). The molecule has 0 radical (unpaired) electrons. The van der Waals surface area contributed by atoms with Crippen LogP contribution < -0.4 is 10.2 Å². The number of hydrogen-bond acceptors (Lipinski definition) is 4. The monoisotopic (exact) mass is 467 g/mol. The van der Waals surface area contributed by atoms with Gasteiger partial charge in [0.2, 0.25) is 0 Å². The van der Waals surface area contributed by atoms with Crippen molar-refractivity contribution < 1.29 is 13.6 Å². The van der Waals surface area contributed by atoms with Crippen molar-refractivity contribution in [1.82, 2.24) is 10.2 Å². The van der Waals surface area contributed by atoms with Crippen LogP contribution in [0, 0.1) is 5.92 Å². The fourth-order valence-corrected chi connectivity index (χ4v) is 5.00. The third-order valence-electron chi connectivity index (χ3n) is 6.44. The Morgan fingerprint density at radius 1 is 1.13 bits per heavy atom. The fraction of sp³-hybridized carbons (Fsp3) is 0.522. The molecule has 4 rings (SSSR count). The van der Waals surface area contributed by atoms with E-state index in [9.17, 15) is 9.18 Å². The maximum absolute atomic E-state index is 14.7. The number of hydrogen-bond donors (Lipinski definition) is 1. The van der Waals surface area contributed by atoms with Crippen LogP contribution in [-0.2, 0) is 0 Å². The maximum atomic E-state index is 14.7. The van der Waals surface area contributed by atoms with Crippen molar-refractivity contribution in [2.45, 2.75) is 37.9 Å². The number of halogens is 3. The van der Waals surface area contributed by atoms with E-state index in [4.69, 9.17) is 27.6 Å². The summed E-state index contributed by atoms with van der Waals surface area (Å²) in [4.78, 5) is 16.8. The molecule has 1 saturated heterocycles. The van der Waals surface area contributed by atoms with E-state index in [0.717, 1.165) is 51.3 Å².